The van der Waals surface area contributed by atoms with E-state index in [1.54, 1.807) is 0 Å². The van der Waals surface area contributed by atoms with E-state index in [-0.39, 0.29) is 11.5 Å². The molecule has 0 saturated carbocycles. The topological polar surface area (TPSA) is 32.7 Å². The predicted octanol–water partition coefficient (Wildman–Crippen LogP) is 2.55. The first-order valence-corrected chi connectivity index (χ1v) is 7.04. The van der Waals surface area contributed by atoms with E-state index in [0.717, 1.165) is 18.8 Å². The smallest absolute Gasteiger partial charge is 0.138 e. The van der Waals surface area contributed by atoms with Crippen LogP contribution >= 0.6 is 0 Å². The van der Waals surface area contributed by atoms with Gasteiger partial charge in [0.05, 0.1) is 6.10 Å². The highest BCUT2D eigenvalue weighted by Crippen LogP contribution is 2.32. The van der Waals surface area contributed by atoms with E-state index in [1.807, 2.05) is 30.3 Å². The normalized spacial score (nSPS) is 27.5. The molecule has 0 aliphatic carbocycles. The second-order valence-electron chi connectivity index (χ2n) is 6.43. The number of nitrogens with zero attached hydrogens (tertiary/aromatic N) is 1. The molecule has 1 aromatic carbocycles. The highest BCUT2D eigenvalue weighted by molar-refractivity contribution is 5.21. The number of para-hydroxylation sites is 1. The summed E-state index contributed by atoms with van der Waals surface area (Å²) in [6, 6.07) is 10.2. The van der Waals surface area contributed by atoms with Crippen molar-refractivity contribution in [2.24, 2.45) is 5.41 Å². The molecule has 2 rings (SSSR count). The van der Waals surface area contributed by atoms with E-state index in [1.165, 1.54) is 0 Å². The van der Waals surface area contributed by atoms with Crippen LogP contribution in [0.4, 0.5) is 0 Å². The van der Waals surface area contributed by atoms with Gasteiger partial charge >= 0.3 is 0 Å². The fourth-order valence-corrected chi connectivity index (χ4v) is 2.68. The Hall–Kier alpha value is -1.06. The molecule has 1 saturated heterocycles. The summed E-state index contributed by atoms with van der Waals surface area (Å²) < 4.78 is 5.99. The number of aliphatic hydroxyl groups excluding tert-OH is 1. The van der Waals surface area contributed by atoms with E-state index in [2.05, 4.69) is 32.6 Å². The summed E-state index contributed by atoms with van der Waals surface area (Å²) in [5, 5.41) is 10.5. The van der Waals surface area contributed by atoms with Gasteiger partial charge in [-0.2, -0.15) is 0 Å². The van der Waals surface area contributed by atoms with Gasteiger partial charge in [-0.05, 0) is 26.0 Å². The maximum absolute atomic E-state index is 10.5. The van der Waals surface area contributed by atoms with Gasteiger partial charge in [0.2, 0.25) is 0 Å². The van der Waals surface area contributed by atoms with Gasteiger partial charge in [-0.15, -0.1) is 0 Å². The van der Waals surface area contributed by atoms with Gasteiger partial charge in [0.25, 0.3) is 0 Å². The Morgan fingerprint density at radius 2 is 1.89 bits per heavy atom. The largest absolute Gasteiger partial charge is 0.486 e. The highest BCUT2D eigenvalue weighted by Gasteiger charge is 2.43. The molecule has 1 N–H and O–H groups in total. The second-order valence-corrected chi connectivity index (χ2v) is 6.43. The Balaban J connectivity index is 2.13. The summed E-state index contributed by atoms with van der Waals surface area (Å²) in [4.78, 5) is 2.38. The van der Waals surface area contributed by atoms with Crippen LogP contribution in [0.1, 0.15) is 27.7 Å². The van der Waals surface area contributed by atoms with Crippen LogP contribution in [0.25, 0.3) is 0 Å². The molecule has 1 aliphatic rings. The first kappa shape index (κ1) is 14.4. The number of likely N-dealkylation sites (tertiary alicyclic amines) is 1. The lowest BCUT2D eigenvalue weighted by Gasteiger charge is -2.47. The van der Waals surface area contributed by atoms with Crippen molar-refractivity contribution in [3.8, 4) is 5.75 Å². The van der Waals surface area contributed by atoms with E-state index in [9.17, 15) is 5.11 Å². The molecular formula is C16H25NO2. The van der Waals surface area contributed by atoms with Gasteiger partial charge < -0.3 is 9.84 Å². The molecule has 1 aliphatic heterocycles. The Labute approximate surface area is 116 Å². The third-order valence-electron chi connectivity index (χ3n) is 3.94. The van der Waals surface area contributed by atoms with E-state index < -0.39 is 6.10 Å². The molecule has 0 amide bonds. The Bertz CT molecular complexity index is 402. The van der Waals surface area contributed by atoms with Gasteiger partial charge in [-0.1, -0.05) is 32.0 Å². The molecule has 0 spiro atoms. The summed E-state index contributed by atoms with van der Waals surface area (Å²) in [5.74, 6) is 0.827. The van der Waals surface area contributed by atoms with Crippen LogP contribution in [0, 0.1) is 5.41 Å². The number of piperidine rings is 1. The number of hydrogen-bond acceptors (Lipinski definition) is 3. The molecule has 1 fully saturated rings. The lowest BCUT2D eigenvalue weighted by molar-refractivity contribution is -0.105. The summed E-state index contributed by atoms with van der Waals surface area (Å²) in [6.07, 6.45) is -0.615. The Morgan fingerprint density at radius 3 is 2.47 bits per heavy atom. The number of rotatable bonds is 3. The molecule has 3 nitrogen and oxygen atoms in total. The Kier molecular flexibility index (Phi) is 4.16. The minimum absolute atomic E-state index is 0.151. The lowest BCUT2D eigenvalue weighted by atomic mass is 9.79. The van der Waals surface area contributed by atoms with E-state index in [0.29, 0.717) is 6.04 Å². The maximum Gasteiger partial charge on any atom is 0.138 e. The molecule has 0 aromatic heterocycles. The van der Waals surface area contributed by atoms with Crippen molar-refractivity contribution in [1.82, 2.24) is 4.90 Å². The molecule has 0 unspecified atom stereocenters. The van der Waals surface area contributed by atoms with E-state index >= 15 is 0 Å². The second kappa shape index (κ2) is 5.51. The fraction of sp³-hybridized carbons (Fsp3) is 0.625. The highest BCUT2D eigenvalue weighted by atomic mass is 16.5. The monoisotopic (exact) mass is 263 g/mol. The van der Waals surface area contributed by atoms with Crippen molar-refractivity contribution in [3.05, 3.63) is 30.3 Å². The van der Waals surface area contributed by atoms with Crippen LogP contribution in [0.2, 0.25) is 0 Å². The van der Waals surface area contributed by atoms with Crippen LogP contribution in [-0.4, -0.2) is 41.3 Å². The molecule has 3 heteroatoms. The van der Waals surface area contributed by atoms with Crippen molar-refractivity contribution in [3.63, 3.8) is 0 Å². The van der Waals surface area contributed by atoms with Crippen molar-refractivity contribution in [2.45, 2.75) is 45.9 Å². The summed E-state index contributed by atoms with van der Waals surface area (Å²) in [6.45, 7) is 10.3. The SMILES string of the molecule is CC(C)N1C[C@@H](Oc2ccccc2)[C@@H](O)C(C)(C)C1. The van der Waals surface area contributed by atoms with Crippen molar-refractivity contribution in [1.29, 1.82) is 0 Å². The molecule has 1 heterocycles. The third kappa shape index (κ3) is 3.28. The standard InChI is InChI=1S/C16H25NO2/c1-12(2)17-10-14(15(18)16(3,4)11-17)19-13-8-6-5-7-9-13/h5-9,12,14-15,18H,10-11H2,1-4H3/t14-,15-/m1/s1. The zero-order chi connectivity index (χ0) is 14.0. The minimum Gasteiger partial charge on any atom is -0.486 e. The molecule has 0 radical (unpaired) electrons. The lowest BCUT2D eigenvalue weighted by Crippen LogP contribution is -2.60. The van der Waals surface area contributed by atoms with Gasteiger partial charge in [0.15, 0.2) is 0 Å². The number of hydrogen-bond donors (Lipinski definition) is 1. The van der Waals surface area contributed by atoms with Crippen molar-refractivity contribution < 1.29 is 9.84 Å². The van der Waals surface area contributed by atoms with Crippen LogP contribution < -0.4 is 4.74 Å². The summed E-state index contributed by atoms with van der Waals surface area (Å²) >= 11 is 0. The Morgan fingerprint density at radius 1 is 1.26 bits per heavy atom. The van der Waals surface area contributed by atoms with E-state index in [4.69, 9.17) is 4.74 Å². The molecule has 2 atom stereocenters. The predicted molar refractivity (Wildman–Crippen MR) is 77.4 cm³/mol. The zero-order valence-corrected chi connectivity index (χ0v) is 12.3. The van der Waals surface area contributed by atoms with Crippen molar-refractivity contribution in [2.75, 3.05) is 13.1 Å². The number of ether oxygens (including phenoxy) is 1. The molecular weight excluding hydrogens is 238 g/mol. The van der Waals surface area contributed by atoms with Crippen molar-refractivity contribution >= 4 is 0 Å². The molecule has 0 bridgehead atoms. The molecule has 19 heavy (non-hydrogen) atoms. The third-order valence-corrected chi connectivity index (χ3v) is 3.94. The van der Waals surface area contributed by atoms with Crippen LogP contribution in [0.5, 0.6) is 5.75 Å². The fourth-order valence-electron chi connectivity index (χ4n) is 2.68. The van der Waals surface area contributed by atoms with Crippen LogP contribution in [0.3, 0.4) is 0 Å². The number of benzene rings is 1. The average molecular weight is 263 g/mol. The maximum atomic E-state index is 10.5. The molecule has 106 valence electrons. The van der Waals surface area contributed by atoms with Gasteiger partial charge in [-0.3, -0.25) is 4.90 Å². The van der Waals surface area contributed by atoms with Crippen LogP contribution in [0.15, 0.2) is 30.3 Å². The van der Waals surface area contributed by atoms with Gasteiger partial charge in [-0.25, -0.2) is 0 Å². The van der Waals surface area contributed by atoms with Gasteiger partial charge in [0, 0.05) is 24.5 Å². The summed E-state index contributed by atoms with van der Waals surface area (Å²) in [5.41, 5.74) is -0.151. The first-order valence-electron chi connectivity index (χ1n) is 7.04. The zero-order valence-electron chi connectivity index (χ0n) is 12.3. The average Bonchev–Trinajstić information content (AvgIpc) is 2.35. The number of aliphatic hydroxyl groups is 1. The van der Waals surface area contributed by atoms with Crippen LogP contribution in [-0.2, 0) is 0 Å². The molecule has 1 aromatic rings. The summed E-state index contributed by atoms with van der Waals surface area (Å²) in [7, 11) is 0. The van der Waals surface area contributed by atoms with Gasteiger partial charge in [0.1, 0.15) is 11.9 Å². The quantitative estimate of drug-likeness (QED) is 0.909. The minimum atomic E-state index is -0.442. The first-order chi connectivity index (χ1) is 8.90.